The molecule has 1 heterocycles. The Morgan fingerprint density at radius 3 is 2.84 bits per heavy atom. The Morgan fingerprint density at radius 1 is 1.42 bits per heavy atom. The third kappa shape index (κ3) is 3.82. The molecule has 100 valence electrons. The molecule has 0 radical (unpaired) electrons. The molecule has 0 bridgehead atoms. The van der Waals surface area contributed by atoms with E-state index < -0.39 is 0 Å². The van der Waals surface area contributed by atoms with Gasteiger partial charge in [0.15, 0.2) is 5.17 Å². The predicted molar refractivity (Wildman–Crippen MR) is 75.8 cm³/mol. The number of hydrogen-bond acceptors (Lipinski definition) is 4. The molecule has 0 spiro atoms. The van der Waals surface area contributed by atoms with Gasteiger partial charge in [-0.25, -0.2) is 0 Å². The highest BCUT2D eigenvalue weighted by molar-refractivity contribution is 8.15. The van der Waals surface area contributed by atoms with E-state index in [0.717, 1.165) is 5.56 Å². The minimum atomic E-state index is -0.380. The lowest BCUT2D eigenvalue weighted by Gasteiger charge is -2.02. The summed E-state index contributed by atoms with van der Waals surface area (Å²) in [4.78, 5) is 27.3. The quantitative estimate of drug-likeness (QED) is 0.859. The fraction of sp³-hybridized carbons (Fsp3) is 0.308. The van der Waals surface area contributed by atoms with Crippen molar-refractivity contribution in [2.45, 2.75) is 18.2 Å². The largest absolute Gasteiger partial charge is 0.359 e. The summed E-state index contributed by atoms with van der Waals surface area (Å²) >= 11 is 1.31. The molecule has 2 amide bonds. The number of carbonyl (C=O) groups is 2. The summed E-state index contributed by atoms with van der Waals surface area (Å²) in [6, 6.07) is 9.80. The number of carbonyl (C=O) groups excluding carboxylic acids is 2. The van der Waals surface area contributed by atoms with Gasteiger partial charge in [0, 0.05) is 13.5 Å². The van der Waals surface area contributed by atoms with Crippen molar-refractivity contribution in [1.82, 2.24) is 10.6 Å². The molecule has 1 fully saturated rings. The van der Waals surface area contributed by atoms with Crippen LogP contribution in [-0.2, 0) is 16.1 Å². The van der Waals surface area contributed by atoms with Crippen LogP contribution >= 0.6 is 11.8 Å². The standard InChI is InChI=1S/C13H15N3O2S/c1-14-11(17)7-10-12(18)16-13(19-10)15-8-9-5-3-2-4-6-9/h2-6,10H,7-8H2,1H3,(H,14,17)(H,15,16,18)/t10-/m0/s1. The molecule has 6 heteroatoms. The number of aliphatic imine (C=N–C) groups is 1. The van der Waals surface area contributed by atoms with E-state index in [1.54, 1.807) is 7.05 Å². The van der Waals surface area contributed by atoms with Crippen LogP contribution < -0.4 is 10.6 Å². The average molecular weight is 277 g/mol. The topological polar surface area (TPSA) is 70.6 Å². The zero-order valence-electron chi connectivity index (χ0n) is 10.6. The Balaban J connectivity index is 1.93. The summed E-state index contributed by atoms with van der Waals surface area (Å²) in [6.45, 7) is 0.524. The third-order valence-electron chi connectivity index (χ3n) is 2.67. The van der Waals surface area contributed by atoms with E-state index in [1.165, 1.54) is 11.8 Å². The lowest BCUT2D eigenvalue weighted by molar-refractivity contribution is -0.124. The van der Waals surface area contributed by atoms with E-state index in [2.05, 4.69) is 15.6 Å². The van der Waals surface area contributed by atoms with E-state index in [0.29, 0.717) is 11.7 Å². The van der Waals surface area contributed by atoms with Crippen LogP contribution in [0.5, 0.6) is 0 Å². The van der Waals surface area contributed by atoms with Crippen LogP contribution in [0.1, 0.15) is 12.0 Å². The van der Waals surface area contributed by atoms with E-state index in [-0.39, 0.29) is 23.5 Å². The molecular formula is C13H15N3O2S. The Hall–Kier alpha value is -1.82. The van der Waals surface area contributed by atoms with Gasteiger partial charge in [0.1, 0.15) is 5.25 Å². The van der Waals surface area contributed by atoms with Gasteiger partial charge in [-0.15, -0.1) is 0 Å². The van der Waals surface area contributed by atoms with Gasteiger partial charge < -0.3 is 10.6 Å². The number of hydrogen-bond donors (Lipinski definition) is 2. The molecule has 0 saturated carbocycles. The Morgan fingerprint density at radius 2 is 2.16 bits per heavy atom. The number of nitrogens with one attached hydrogen (secondary N) is 2. The average Bonchev–Trinajstić information content (AvgIpc) is 2.78. The van der Waals surface area contributed by atoms with Gasteiger partial charge in [0.25, 0.3) is 0 Å². The molecule has 2 N–H and O–H groups in total. The van der Waals surface area contributed by atoms with Gasteiger partial charge >= 0.3 is 0 Å². The molecule has 2 rings (SSSR count). The van der Waals surface area contributed by atoms with Gasteiger partial charge in [-0.1, -0.05) is 42.1 Å². The molecule has 0 aromatic heterocycles. The van der Waals surface area contributed by atoms with Crippen molar-refractivity contribution >= 4 is 28.7 Å². The molecule has 0 unspecified atom stereocenters. The normalized spacial score (nSPS) is 20.4. The highest BCUT2D eigenvalue weighted by Gasteiger charge is 2.31. The monoisotopic (exact) mass is 277 g/mol. The van der Waals surface area contributed by atoms with E-state index >= 15 is 0 Å². The summed E-state index contributed by atoms with van der Waals surface area (Å²) in [6.07, 6.45) is 0.178. The third-order valence-corrected chi connectivity index (χ3v) is 3.79. The van der Waals surface area contributed by atoms with Crippen LogP contribution in [0.25, 0.3) is 0 Å². The minimum absolute atomic E-state index is 0.142. The molecule has 1 aliphatic heterocycles. The maximum atomic E-state index is 11.7. The second-order valence-electron chi connectivity index (χ2n) is 4.08. The molecule has 1 saturated heterocycles. The van der Waals surface area contributed by atoms with Crippen molar-refractivity contribution < 1.29 is 9.59 Å². The lowest BCUT2D eigenvalue weighted by Crippen LogP contribution is -2.29. The maximum Gasteiger partial charge on any atom is 0.240 e. The molecule has 1 aromatic rings. The van der Waals surface area contributed by atoms with Crippen LogP contribution in [0.3, 0.4) is 0 Å². The second kappa shape index (κ2) is 6.38. The van der Waals surface area contributed by atoms with Crippen molar-refractivity contribution in [3.63, 3.8) is 0 Å². The number of rotatable bonds is 4. The van der Waals surface area contributed by atoms with E-state index in [4.69, 9.17) is 0 Å². The number of thioether (sulfide) groups is 1. The zero-order valence-corrected chi connectivity index (χ0v) is 11.4. The zero-order chi connectivity index (χ0) is 13.7. The van der Waals surface area contributed by atoms with Crippen molar-refractivity contribution in [3.8, 4) is 0 Å². The summed E-state index contributed by atoms with van der Waals surface area (Å²) in [5.41, 5.74) is 1.08. The van der Waals surface area contributed by atoms with Crippen LogP contribution in [0.4, 0.5) is 0 Å². The summed E-state index contributed by atoms with van der Waals surface area (Å²) < 4.78 is 0. The van der Waals surface area contributed by atoms with Crippen LogP contribution in [0.2, 0.25) is 0 Å². The SMILES string of the molecule is CNC(=O)C[C@@H]1SC(=NCc2ccccc2)NC1=O. The fourth-order valence-corrected chi connectivity index (χ4v) is 2.60. The van der Waals surface area contributed by atoms with Crippen molar-refractivity contribution in [1.29, 1.82) is 0 Å². The van der Waals surface area contributed by atoms with E-state index in [9.17, 15) is 9.59 Å². The highest BCUT2D eigenvalue weighted by atomic mass is 32.2. The number of benzene rings is 1. The molecule has 1 aromatic carbocycles. The second-order valence-corrected chi connectivity index (χ2v) is 5.27. The number of nitrogens with zero attached hydrogens (tertiary/aromatic N) is 1. The van der Waals surface area contributed by atoms with Gasteiger partial charge in [0.05, 0.1) is 6.54 Å². The molecular weight excluding hydrogens is 262 g/mol. The first-order chi connectivity index (χ1) is 9.19. The van der Waals surface area contributed by atoms with Crippen LogP contribution in [0, 0.1) is 0 Å². The first kappa shape index (κ1) is 13.6. The first-order valence-corrected chi connectivity index (χ1v) is 6.83. The Bertz CT molecular complexity index is 502. The summed E-state index contributed by atoms with van der Waals surface area (Å²) in [5, 5.41) is 5.42. The lowest BCUT2D eigenvalue weighted by atomic mass is 10.2. The summed E-state index contributed by atoms with van der Waals surface area (Å²) in [5.74, 6) is -0.294. The van der Waals surface area contributed by atoms with Gasteiger partial charge in [-0.3, -0.25) is 14.6 Å². The molecule has 1 atom stereocenters. The Kier molecular flexibility index (Phi) is 4.57. The van der Waals surface area contributed by atoms with Gasteiger partial charge in [-0.2, -0.15) is 0 Å². The van der Waals surface area contributed by atoms with Crippen molar-refractivity contribution in [2.24, 2.45) is 4.99 Å². The van der Waals surface area contributed by atoms with Gasteiger partial charge in [-0.05, 0) is 5.56 Å². The molecule has 1 aliphatic rings. The molecule has 5 nitrogen and oxygen atoms in total. The molecule has 19 heavy (non-hydrogen) atoms. The van der Waals surface area contributed by atoms with E-state index in [1.807, 2.05) is 30.3 Å². The first-order valence-electron chi connectivity index (χ1n) is 5.95. The number of amides is 2. The smallest absolute Gasteiger partial charge is 0.240 e. The summed E-state index contributed by atoms with van der Waals surface area (Å²) in [7, 11) is 1.56. The van der Waals surface area contributed by atoms with Gasteiger partial charge in [0.2, 0.25) is 11.8 Å². The van der Waals surface area contributed by atoms with Crippen molar-refractivity contribution in [3.05, 3.63) is 35.9 Å². The predicted octanol–water partition coefficient (Wildman–Crippen LogP) is 0.910. The van der Waals surface area contributed by atoms with Crippen molar-refractivity contribution in [2.75, 3.05) is 7.05 Å². The highest BCUT2D eigenvalue weighted by Crippen LogP contribution is 2.22. The van der Waals surface area contributed by atoms with Crippen LogP contribution in [0.15, 0.2) is 35.3 Å². The number of amidine groups is 1. The fourth-order valence-electron chi connectivity index (χ4n) is 1.63. The Labute approximate surface area is 115 Å². The molecule has 0 aliphatic carbocycles. The maximum absolute atomic E-state index is 11.7. The van der Waals surface area contributed by atoms with Crippen LogP contribution in [-0.4, -0.2) is 29.3 Å². The minimum Gasteiger partial charge on any atom is -0.359 e.